The number of benzene rings is 1. The fraction of sp³-hybridized carbons (Fsp3) is 0.333. The number of aryl methyl sites for hydroxylation is 1. The molecule has 1 aromatic carbocycles. The van der Waals surface area contributed by atoms with Crippen LogP contribution >= 0.6 is 0 Å². The van der Waals surface area contributed by atoms with E-state index in [2.05, 4.69) is 34.2 Å². The molecule has 2 aromatic rings. The molecule has 18 heavy (non-hydrogen) atoms. The topological polar surface area (TPSA) is 46.0 Å². The molecule has 0 saturated heterocycles. The Bertz CT molecular complexity index is 562. The summed E-state index contributed by atoms with van der Waals surface area (Å²) < 4.78 is 0. The number of aromatic nitrogens is 2. The fourth-order valence-corrected chi connectivity index (χ4v) is 2.40. The van der Waals surface area contributed by atoms with Crippen molar-refractivity contribution >= 4 is 0 Å². The standard InChI is InChI=1S/C15H16N2O/c1-11-12(10-18)9-16-14(17-11)15(7-8-15)13-5-3-2-4-6-13/h2-6,9,18H,7-8,10H2,1H3. The van der Waals surface area contributed by atoms with Gasteiger partial charge in [-0.3, -0.25) is 0 Å². The first-order valence-corrected chi connectivity index (χ1v) is 6.26. The molecule has 3 nitrogen and oxygen atoms in total. The summed E-state index contributed by atoms with van der Waals surface area (Å²) in [7, 11) is 0. The number of hydrogen-bond donors (Lipinski definition) is 1. The third kappa shape index (κ3) is 1.71. The molecular weight excluding hydrogens is 224 g/mol. The molecule has 1 saturated carbocycles. The highest BCUT2D eigenvalue weighted by molar-refractivity contribution is 5.39. The van der Waals surface area contributed by atoms with Crippen LogP contribution in [0.1, 0.15) is 35.5 Å². The zero-order valence-electron chi connectivity index (χ0n) is 10.4. The molecule has 1 fully saturated rings. The Kier molecular flexibility index (Phi) is 2.63. The minimum Gasteiger partial charge on any atom is -0.392 e. The van der Waals surface area contributed by atoms with E-state index in [0.29, 0.717) is 0 Å². The molecule has 0 spiro atoms. The van der Waals surface area contributed by atoms with Crippen LogP contribution in [0.5, 0.6) is 0 Å². The van der Waals surface area contributed by atoms with Crippen LogP contribution in [0.2, 0.25) is 0 Å². The third-order valence-corrected chi connectivity index (χ3v) is 3.76. The van der Waals surface area contributed by atoms with Crippen LogP contribution in [0, 0.1) is 6.92 Å². The van der Waals surface area contributed by atoms with Crippen LogP contribution in [0.4, 0.5) is 0 Å². The van der Waals surface area contributed by atoms with Crippen LogP contribution < -0.4 is 0 Å². The smallest absolute Gasteiger partial charge is 0.139 e. The van der Waals surface area contributed by atoms with E-state index < -0.39 is 0 Å². The lowest BCUT2D eigenvalue weighted by Gasteiger charge is -2.15. The van der Waals surface area contributed by atoms with Gasteiger partial charge in [-0.05, 0) is 25.3 Å². The summed E-state index contributed by atoms with van der Waals surface area (Å²) in [5.74, 6) is 0.892. The van der Waals surface area contributed by atoms with Gasteiger partial charge in [0.25, 0.3) is 0 Å². The molecule has 1 heterocycles. The Hall–Kier alpha value is -1.74. The van der Waals surface area contributed by atoms with Crippen molar-refractivity contribution in [2.45, 2.75) is 31.8 Å². The normalized spacial score (nSPS) is 16.6. The Balaban J connectivity index is 2.03. The highest BCUT2D eigenvalue weighted by Crippen LogP contribution is 2.51. The van der Waals surface area contributed by atoms with Crippen molar-refractivity contribution in [1.29, 1.82) is 0 Å². The predicted octanol–water partition coefficient (Wildman–Crippen LogP) is 2.36. The van der Waals surface area contributed by atoms with E-state index >= 15 is 0 Å². The number of aliphatic hydroxyl groups excluding tert-OH is 1. The highest BCUT2D eigenvalue weighted by Gasteiger charge is 2.48. The first kappa shape index (κ1) is 11.4. The SMILES string of the molecule is Cc1nc(C2(c3ccccc3)CC2)ncc1CO. The van der Waals surface area contributed by atoms with Gasteiger partial charge in [-0.15, -0.1) is 0 Å². The van der Waals surface area contributed by atoms with Gasteiger partial charge >= 0.3 is 0 Å². The van der Waals surface area contributed by atoms with Crippen molar-refractivity contribution in [2.75, 3.05) is 0 Å². The number of nitrogens with zero attached hydrogens (tertiary/aromatic N) is 2. The monoisotopic (exact) mass is 240 g/mol. The Morgan fingerprint density at radius 2 is 1.94 bits per heavy atom. The van der Waals surface area contributed by atoms with Crippen molar-refractivity contribution in [3.05, 3.63) is 59.2 Å². The van der Waals surface area contributed by atoms with E-state index in [-0.39, 0.29) is 12.0 Å². The molecule has 1 aromatic heterocycles. The van der Waals surface area contributed by atoms with Crippen LogP contribution in [0.25, 0.3) is 0 Å². The summed E-state index contributed by atoms with van der Waals surface area (Å²) >= 11 is 0. The molecule has 0 amide bonds. The highest BCUT2D eigenvalue weighted by atomic mass is 16.3. The van der Waals surface area contributed by atoms with Gasteiger partial charge in [0.1, 0.15) is 5.82 Å². The fourth-order valence-electron chi connectivity index (χ4n) is 2.40. The van der Waals surface area contributed by atoms with Gasteiger partial charge in [0.15, 0.2) is 0 Å². The van der Waals surface area contributed by atoms with Crippen molar-refractivity contribution in [1.82, 2.24) is 9.97 Å². The maximum Gasteiger partial charge on any atom is 0.139 e. The van der Waals surface area contributed by atoms with E-state index in [1.807, 2.05) is 13.0 Å². The average Bonchev–Trinajstić information content (AvgIpc) is 3.21. The molecule has 0 unspecified atom stereocenters. The first-order chi connectivity index (χ1) is 8.76. The molecular formula is C15H16N2O. The molecule has 92 valence electrons. The van der Waals surface area contributed by atoms with Gasteiger partial charge in [-0.1, -0.05) is 30.3 Å². The van der Waals surface area contributed by atoms with Crippen LogP contribution in [0.3, 0.4) is 0 Å². The first-order valence-electron chi connectivity index (χ1n) is 6.26. The second-order valence-corrected chi connectivity index (χ2v) is 4.91. The largest absolute Gasteiger partial charge is 0.392 e. The maximum absolute atomic E-state index is 9.16. The number of aliphatic hydroxyl groups is 1. The molecule has 3 rings (SSSR count). The zero-order valence-corrected chi connectivity index (χ0v) is 10.4. The second-order valence-electron chi connectivity index (χ2n) is 4.91. The van der Waals surface area contributed by atoms with Crippen molar-refractivity contribution in [2.24, 2.45) is 0 Å². The molecule has 3 heteroatoms. The summed E-state index contributed by atoms with van der Waals surface area (Å²) in [5, 5.41) is 9.16. The van der Waals surface area contributed by atoms with Gasteiger partial charge < -0.3 is 5.11 Å². The molecule has 1 aliphatic carbocycles. The molecule has 1 aliphatic rings. The minimum absolute atomic E-state index is 0.00441. The minimum atomic E-state index is 0.00441. The van der Waals surface area contributed by atoms with E-state index in [4.69, 9.17) is 5.11 Å². The second kappa shape index (κ2) is 4.18. The Labute approximate surface area is 107 Å². The number of rotatable bonds is 3. The van der Waals surface area contributed by atoms with Crippen molar-refractivity contribution in [3.8, 4) is 0 Å². The van der Waals surface area contributed by atoms with Gasteiger partial charge in [-0.25, -0.2) is 9.97 Å². The van der Waals surface area contributed by atoms with Crippen LogP contribution in [-0.2, 0) is 12.0 Å². The average molecular weight is 240 g/mol. The quantitative estimate of drug-likeness (QED) is 0.895. The number of hydrogen-bond acceptors (Lipinski definition) is 3. The van der Waals surface area contributed by atoms with Crippen molar-refractivity contribution < 1.29 is 5.11 Å². The van der Waals surface area contributed by atoms with E-state index in [9.17, 15) is 0 Å². The summed E-state index contributed by atoms with van der Waals surface area (Å²) in [6, 6.07) is 10.4. The van der Waals surface area contributed by atoms with E-state index in [1.54, 1.807) is 6.20 Å². The van der Waals surface area contributed by atoms with Gasteiger partial charge in [0.2, 0.25) is 0 Å². The molecule has 0 aliphatic heterocycles. The molecule has 0 bridgehead atoms. The Morgan fingerprint density at radius 3 is 2.50 bits per heavy atom. The van der Waals surface area contributed by atoms with Gasteiger partial charge in [0, 0.05) is 17.5 Å². The Morgan fingerprint density at radius 1 is 1.22 bits per heavy atom. The summed E-state index contributed by atoms with van der Waals surface area (Å²) in [5.41, 5.74) is 2.99. The van der Waals surface area contributed by atoms with E-state index in [0.717, 1.165) is 29.9 Å². The van der Waals surface area contributed by atoms with Crippen molar-refractivity contribution in [3.63, 3.8) is 0 Å². The predicted molar refractivity (Wildman–Crippen MR) is 69.1 cm³/mol. The van der Waals surface area contributed by atoms with E-state index in [1.165, 1.54) is 5.56 Å². The molecule has 0 atom stereocenters. The lowest BCUT2D eigenvalue weighted by atomic mass is 9.95. The zero-order chi connectivity index (χ0) is 12.6. The lowest BCUT2D eigenvalue weighted by molar-refractivity contribution is 0.279. The summed E-state index contributed by atoms with van der Waals surface area (Å²) in [6.07, 6.45) is 3.96. The van der Waals surface area contributed by atoms with Crippen LogP contribution in [0.15, 0.2) is 36.5 Å². The summed E-state index contributed by atoms with van der Waals surface area (Å²) in [4.78, 5) is 9.03. The van der Waals surface area contributed by atoms with Gasteiger partial charge in [-0.2, -0.15) is 0 Å². The molecule has 0 radical (unpaired) electrons. The van der Waals surface area contributed by atoms with Gasteiger partial charge in [0.05, 0.1) is 12.0 Å². The maximum atomic E-state index is 9.16. The van der Waals surface area contributed by atoms with Crippen LogP contribution in [-0.4, -0.2) is 15.1 Å². The molecule has 1 N–H and O–H groups in total. The summed E-state index contributed by atoms with van der Waals surface area (Å²) in [6.45, 7) is 1.93. The lowest BCUT2D eigenvalue weighted by Crippen LogP contribution is -2.14. The third-order valence-electron chi connectivity index (χ3n) is 3.76.